The van der Waals surface area contributed by atoms with Gasteiger partial charge in [-0.2, -0.15) is 0 Å². The van der Waals surface area contributed by atoms with Crippen molar-refractivity contribution in [3.63, 3.8) is 0 Å². The fourth-order valence-electron chi connectivity index (χ4n) is 6.52. The third-order valence-corrected chi connectivity index (χ3v) is 10.1. The molecule has 8 nitrogen and oxygen atoms in total. The van der Waals surface area contributed by atoms with Gasteiger partial charge in [-0.05, 0) is 57.8 Å². The molecule has 2 atom stereocenters. The second-order valence-electron chi connectivity index (χ2n) is 16.3. The fraction of sp³-hybridized carbons (Fsp3) is 0.848. The standard InChI is InChI=1S/C46H85NO7/c1-6-8-10-12-14-16-18-19-20-21-22-23-24-25-26-27-29-31-33-35-37-45(49)54-42(40-52-39-38-43(46(50)51)47(3,4)5)41-53-44(48)36-34-32-30-28-17-15-13-11-9-7-2/h13,15,22-23,42-43H,6-12,14,16-21,24-41H2,1-5H3/b15-13+,23-22+. The number of hydrogen-bond donors (Lipinski definition) is 0. The maximum atomic E-state index is 12.7. The van der Waals surface area contributed by atoms with E-state index < -0.39 is 18.1 Å². The number of likely N-dealkylation sites (N-methyl/N-ethyl adjacent to an activating group) is 1. The Kier molecular flexibility index (Phi) is 36.2. The molecule has 0 bridgehead atoms. The highest BCUT2D eigenvalue weighted by molar-refractivity contribution is 5.70. The third-order valence-electron chi connectivity index (χ3n) is 10.1. The highest BCUT2D eigenvalue weighted by Gasteiger charge is 2.25. The molecule has 316 valence electrons. The van der Waals surface area contributed by atoms with Gasteiger partial charge >= 0.3 is 11.9 Å². The summed E-state index contributed by atoms with van der Waals surface area (Å²) in [6.45, 7) is 4.61. The van der Waals surface area contributed by atoms with Crippen LogP contribution in [0.2, 0.25) is 0 Å². The molecule has 0 saturated heterocycles. The number of carbonyl (C=O) groups excluding carboxylic acids is 3. The van der Waals surface area contributed by atoms with Crippen LogP contribution in [0.3, 0.4) is 0 Å². The molecule has 8 heteroatoms. The first kappa shape index (κ1) is 51.8. The van der Waals surface area contributed by atoms with Crippen LogP contribution in [-0.4, -0.2) is 75.5 Å². The Labute approximate surface area is 332 Å². The number of nitrogens with zero attached hydrogens (tertiary/aromatic N) is 1. The van der Waals surface area contributed by atoms with Crippen molar-refractivity contribution in [2.24, 2.45) is 0 Å². The highest BCUT2D eigenvalue weighted by Crippen LogP contribution is 2.14. The lowest BCUT2D eigenvalue weighted by Gasteiger charge is -2.34. The molecule has 0 aromatic heterocycles. The molecule has 0 saturated carbocycles. The summed E-state index contributed by atoms with van der Waals surface area (Å²) in [4.78, 5) is 36.8. The number of allylic oxidation sites excluding steroid dienone is 4. The SMILES string of the molecule is CCCC/C=C/CCCCCCC(=O)OCC(COCCC(C(=O)[O-])[N+](C)(C)C)OC(=O)CCCCCCCCC/C=C/CCCCCCCCCCC. The van der Waals surface area contributed by atoms with Gasteiger partial charge in [0.1, 0.15) is 12.6 Å². The Balaban J connectivity index is 4.27. The van der Waals surface area contributed by atoms with E-state index in [1.807, 2.05) is 0 Å². The van der Waals surface area contributed by atoms with Gasteiger partial charge < -0.3 is 28.6 Å². The first-order chi connectivity index (χ1) is 26.1. The number of unbranched alkanes of at least 4 members (excludes halogenated alkanes) is 22. The number of carbonyl (C=O) groups is 3. The first-order valence-corrected chi connectivity index (χ1v) is 22.4. The van der Waals surface area contributed by atoms with Crippen LogP contribution in [0.4, 0.5) is 0 Å². The lowest BCUT2D eigenvalue weighted by atomic mass is 10.1. The lowest BCUT2D eigenvalue weighted by Crippen LogP contribution is -2.55. The number of hydrogen-bond acceptors (Lipinski definition) is 7. The van der Waals surface area contributed by atoms with Crippen molar-refractivity contribution < 1.29 is 38.2 Å². The number of carboxylic acid groups (broad SMARTS) is 1. The van der Waals surface area contributed by atoms with E-state index in [4.69, 9.17) is 14.2 Å². The number of quaternary nitrogens is 1. The van der Waals surface area contributed by atoms with Gasteiger partial charge in [0, 0.05) is 19.3 Å². The topological polar surface area (TPSA) is 102 Å². The van der Waals surface area contributed by atoms with Gasteiger partial charge in [-0.25, -0.2) is 0 Å². The summed E-state index contributed by atoms with van der Waals surface area (Å²) in [6, 6.07) is -0.725. The van der Waals surface area contributed by atoms with Crippen LogP contribution >= 0.6 is 0 Å². The Morgan fingerprint density at radius 3 is 1.39 bits per heavy atom. The Hall–Kier alpha value is -2.19. The summed E-state index contributed by atoms with van der Waals surface area (Å²) in [7, 11) is 5.40. The normalized spacial score (nSPS) is 13.1. The summed E-state index contributed by atoms with van der Waals surface area (Å²) in [6.07, 6.45) is 40.6. The van der Waals surface area contributed by atoms with Crippen molar-refractivity contribution >= 4 is 17.9 Å². The molecule has 0 fully saturated rings. The van der Waals surface area contributed by atoms with Crippen molar-refractivity contribution in [3.05, 3.63) is 24.3 Å². The van der Waals surface area contributed by atoms with Gasteiger partial charge in [-0.15, -0.1) is 0 Å². The van der Waals surface area contributed by atoms with E-state index in [1.165, 1.54) is 109 Å². The van der Waals surface area contributed by atoms with E-state index in [-0.39, 0.29) is 42.7 Å². The van der Waals surface area contributed by atoms with Gasteiger partial charge in [-0.3, -0.25) is 9.59 Å². The summed E-state index contributed by atoms with van der Waals surface area (Å²) in [5.41, 5.74) is 0. The van der Waals surface area contributed by atoms with Crippen LogP contribution in [0.25, 0.3) is 0 Å². The Bertz CT molecular complexity index is 942. The van der Waals surface area contributed by atoms with E-state index in [1.54, 1.807) is 21.1 Å². The van der Waals surface area contributed by atoms with Crippen LogP contribution in [0.15, 0.2) is 24.3 Å². The van der Waals surface area contributed by atoms with E-state index in [0.29, 0.717) is 12.8 Å². The zero-order chi connectivity index (χ0) is 40.0. The maximum absolute atomic E-state index is 12.7. The molecule has 0 heterocycles. The van der Waals surface area contributed by atoms with Crippen LogP contribution in [0.1, 0.15) is 200 Å². The molecule has 0 spiro atoms. The van der Waals surface area contributed by atoms with Crippen molar-refractivity contribution in [1.29, 1.82) is 0 Å². The van der Waals surface area contributed by atoms with Gasteiger partial charge in [-0.1, -0.05) is 147 Å². The number of aliphatic carboxylic acids is 1. The molecule has 2 unspecified atom stereocenters. The first-order valence-electron chi connectivity index (χ1n) is 22.4. The smallest absolute Gasteiger partial charge is 0.306 e. The lowest BCUT2D eigenvalue weighted by molar-refractivity contribution is -0.889. The minimum Gasteiger partial charge on any atom is -0.544 e. The quantitative estimate of drug-likeness (QED) is 0.0265. The second kappa shape index (κ2) is 37.7. The molecule has 0 aliphatic rings. The average molecular weight is 764 g/mol. The Morgan fingerprint density at radius 2 is 0.944 bits per heavy atom. The van der Waals surface area contributed by atoms with Crippen LogP contribution in [0, 0.1) is 0 Å². The van der Waals surface area contributed by atoms with Gasteiger partial charge in [0.2, 0.25) is 0 Å². The summed E-state index contributed by atoms with van der Waals surface area (Å²) < 4.78 is 17.1. The van der Waals surface area contributed by atoms with E-state index in [0.717, 1.165) is 57.8 Å². The van der Waals surface area contributed by atoms with Crippen molar-refractivity contribution in [1.82, 2.24) is 0 Å². The molecule has 0 aromatic carbocycles. The largest absolute Gasteiger partial charge is 0.544 e. The van der Waals surface area contributed by atoms with E-state index >= 15 is 0 Å². The molecule has 54 heavy (non-hydrogen) atoms. The molecule has 0 aromatic rings. The molecular weight excluding hydrogens is 679 g/mol. The monoisotopic (exact) mass is 764 g/mol. The molecule has 0 amide bonds. The molecule has 0 aliphatic heterocycles. The van der Waals surface area contributed by atoms with Crippen LogP contribution < -0.4 is 5.11 Å². The molecule has 0 radical (unpaired) electrons. The third kappa shape index (κ3) is 35.5. The zero-order valence-electron chi connectivity index (χ0n) is 35.9. The molecule has 0 aliphatic carbocycles. The Morgan fingerprint density at radius 1 is 0.537 bits per heavy atom. The van der Waals surface area contributed by atoms with E-state index in [2.05, 4.69) is 38.2 Å². The predicted octanol–water partition coefficient (Wildman–Crippen LogP) is 10.7. The van der Waals surface area contributed by atoms with Gasteiger partial charge in [0.15, 0.2) is 6.10 Å². The number of esters is 2. The van der Waals surface area contributed by atoms with Crippen LogP contribution in [-0.2, 0) is 28.6 Å². The fourth-order valence-corrected chi connectivity index (χ4v) is 6.52. The maximum Gasteiger partial charge on any atom is 0.306 e. The minimum absolute atomic E-state index is 0.0378. The van der Waals surface area contributed by atoms with Crippen molar-refractivity contribution in [2.45, 2.75) is 212 Å². The van der Waals surface area contributed by atoms with Crippen LogP contribution in [0.5, 0.6) is 0 Å². The van der Waals surface area contributed by atoms with Crippen molar-refractivity contribution in [3.8, 4) is 0 Å². The minimum atomic E-state index is -1.13. The summed E-state index contributed by atoms with van der Waals surface area (Å²) >= 11 is 0. The molecule has 0 N–H and O–H groups in total. The zero-order valence-corrected chi connectivity index (χ0v) is 35.9. The van der Waals surface area contributed by atoms with Gasteiger partial charge in [0.05, 0.1) is 40.3 Å². The van der Waals surface area contributed by atoms with Crippen molar-refractivity contribution in [2.75, 3.05) is 41.0 Å². The van der Waals surface area contributed by atoms with E-state index in [9.17, 15) is 19.5 Å². The van der Waals surface area contributed by atoms with Gasteiger partial charge in [0.25, 0.3) is 0 Å². The second-order valence-corrected chi connectivity index (χ2v) is 16.3. The summed E-state index contributed by atoms with van der Waals surface area (Å²) in [5, 5.41) is 11.6. The number of rotatable bonds is 40. The molecule has 0 rings (SSSR count). The average Bonchev–Trinajstić information content (AvgIpc) is 3.12. The summed E-state index contributed by atoms with van der Waals surface area (Å²) in [5.74, 6) is -1.75. The number of ether oxygens (including phenoxy) is 3. The number of carboxylic acids is 1. The molecular formula is C46H85NO7. The highest BCUT2D eigenvalue weighted by atomic mass is 16.6. The predicted molar refractivity (Wildman–Crippen MR) is 222 cm³/mol.